The molecule has 5 nitrogen and oxygen atoms in total. The minimum Gasteiger partial charge on any atom is -0.346 e. The van der Waals surface area contributed by atoms with Crippen LogP contribution in [0.15, 0.2) is 42.5 Å². The maximum Gasteiger partial charge on any atom is 0.261 e. The molecule has 1 unspecified atom stereocenters. The summed E-state index contributed by atoms with van der Waals surface area (Å²) in [5.41, 5.74) is 1.41. The normalized spacial score (nSPS) is 14.5. The van der Waals surface area contributed by atoms with Gasteiger partial charge in [0.2, 0.25) is 0 Å². The lowest BCUT2D eigenvalue weighted by Crippen LogP contribution is -2.27. The summed E-state index contributed by atoms with van der Waals surface area (Å²) >= 11 is 0. The lowest BCUT2D eigenvalue weighted by Gasteiger charge is -2.14. The molecule has 0 bridgehead atoms. The van der Waals surface area contributed by atoms with Gasteiger partial charge in [-0.3, -0.25) is 19.3 Å². The van der Waals surface area contributed by atoms with Crippen LogP contribution in [0.4, 0.5) is 4.39 Å². The van der Waals surface area contributed by atoms with E-state index in [9.17, 15) is 18.8 Å². The molecule has 0 radical (unpaired) electrons. The van der Waals surface area contributed by atoms with Crippen molar-refractivity contribution < 1.29 is 18.8 Å². The van der Waals surface area contributed by atoms with Crippen LogP contribution in [-0.2, 0) is 0 Å². The quantitative estimate of drug-likeness (QED) is 0.882. The molecule has 1 aliphatic heterocycles. The summed E-state index contributed by atoms with van der Waals surface area (Å²) in [7, 11) is 1.40. The van der Waals surface area contributed by atoms with Gasteiger partial charge in [-0.05, 0) is 42.8 Å². The molecule has 0 saturated carbocycles. The molecule has 0 aromatic heterocycles. The van der Waals surface area contributed by atoms with E-state index in [0.29, 0.717) is 5.56 Å². The Hall–Kier alpha value is -3.02. The second kappa shape index (κ2) is 5.88. The molecular weight excluding hydrogens is 311 g/mol. The van der Waals surface area contributed by atoms with E-state index in [1.54, 1.807) is 19.1 Å². The van der Waals surface area contributed by atoms with E-state index in [2.05, 4.69) is 5.32 Å². The number of rotatable bonds is 3. The highest BCUT2D eigenvalue weighted by Gasteiger charge is 2.33. The van der Waals surface area contributed by atoms with Gasteiger partial charge in [-0.25, -0.2) is 4.39 Å². The van der Waals surface area contributed by atoms with Crippen LogP contribution in [0.1, 0.15) is 49.6 Å². The van der Waals surface area contributed by atoms with Gasteiger partial charge in [0.1, 0.15) is 5.82 Å². The summed E-state index contributed by atoms with van der Waals surface area (Å²) < 4.78 is 13.3. The number of hydrogen-bond donors (Lipinski definition) is 1. The number of fused-ring (bicyclic) bond motifs is 1. The Bertz CT molecular complexity index is 863. The first-order valence-electron chi connectivity index (χ1n) is 7.41. The lowest BCUT2D eigenvalue weighted by molar-refractivity contribution is 0.0693. The molecule has 122 valence electrons. The Morgan fingerprint density at radius 1 is 1.08 bits per heavy atom. The van der Waals surface area contributed by atoms with Crippen molar-refractivity contribution in [2.45, 2.75) is 13.0 Å². The Morgan fingerprint density at radius 3 is 2.50 bits per heavy atom. The minimum absolute atomic E-state index is 0.216. The number of amides is 3. The molecule has 0 aliphatic carbocycles. The second-order valence-electron chi connectivity index (χ2n) is 5.68. The summed E-state index contributed by atoms with van der Waals surface area (Å²) in [4.78, 5) is 37.2. The van der Waals surface area contributed by atoms with Crippen LogP contribution in [-0.4, -0.2) is 29.7 Å². The first-order chi connectivity index (χ1) is 11.4. The van der Waals surface area contributed by atoms with E-state index in [-0.39, 0.29) is 28.4 Å². The fourth-order valence-electron chi connectivity index (χ4n) is 2.64. The van der Waals surface area contributed by atoms with Crippen molar-refractivity contribution in [1.82, 2.24) is 10.2 Å². The SMILES string of the molecule is CC(NC(=O)c1ccc2c(c1)C(=O)N(C)C2=O)c1cccc(F)c1. The summed E-state index contributed by atoms with van der Waals surface area (Å²) in [5, 5.41) is 2.75. The Labute approximate surface area is 138 Å². The van der Waals surface area contributed by atoms with Gasteiger partial charge >= 0.3 is 0 Å². The van der Waals surface area contributed by atoms with E-state index >= 15 is 0 Å². The molecule has 1 heterocycles. The Morgan fingerprint density at radius 2 is 1.79 bits per heavy atom. The van der Waals surface area contributed by atoms with Gasteiger partial charge in [0.15, 0.2) is 0 Å². The molecule has 2 aromatic carbocycles. The molecule has 1 aliphatic rings. The third kappa shape index (κ3) is 2.67. The molecule has 0 saturated heterocycles. The number of nitrogens with zero attached hydrogens (tertiary/aromatic N) is 1. The summed E-state index contributed by atoms with van der Waals surface area (Å²) in [6.07, 6.45) is 0. The van der Waals surface area contributed by atoms with Gasteiger partial charge in [-0.2, -0.15) is 0 Å². The van der Waals surface area contributed by atoms with Gasteiger partial charge in [0.25, 0.3) is 17.7 Å². The standard InChI is InChI=1S/C18H15FN2O3/c1-10(11-4-3-5-13(19)8-11)20-16(22)12-6-7-14-15(9-12)18(24)21(2)17(14)23/h3-10H,1-2H3,(H,20,22). The topological polar surface area (TPSA) is 66.5 Å². The number of imide groups is 1. The predicted octanol–water partition coefficient (Wildman–Crippen LogP) is 2.54. The highest BCUT2D eigenvalue weighted by Crippen LogP contribution is 2.23. The third-order valence-corrected chi connectivity index (χ3v) is 4.05. The molecule has 0 fully saturated rings. The first kappa shape index (κ1) is 15.9. The minimum atomic E-state index is -0.428. The van der Waals surface area contributed by atoms with Gasteiger partial charge in [-0.1, -0.05) is 12.1 Å². The highest BCUT2D eigenvalue weighted by molar-refractivity contribution is 6.21. The zero-order valence-electron chi connectivity index (χ0n) is 13.2. The molecule has 3 amide bonds. The van der Waals surface area contributed by atoms with Crippen molar-refractivity contribution in [3.05, 3.63) is 70.5 Å². The molecule has 1 atom stereocenters. The monoisotopic (exact) mass is 326 g/mol. The van der Waals surface area contributed by atoms with Gasteiger partial charge in [-0.15, -0.1) is 0 Å². The lowest BCUT2D eigenvalue weighted by atomic mass is 10.0. The van der Waals surface area contributed by atoms with Crippen LogP contribution in [0.25, 0.3) is 0 Å². The second-order valence-corrected chi connectivity index (χ2v) is 5.68. The van der Waals surface area contributed by atoms with E-state index in [1.165, 1.54) is 37.4 Å². The van der Waals surface area contributed by atoms with Crippen molar-refractivity contribution in [2.24, 2.45) is 0 Å². The number of nitrogens with one attached hydrogen (secondary N) is 1. The zero-order valence-corrected chi connectivity index (χ0v) is 13.2. The molecule has 2 aromatic rings. The summed E-state index contributed by atoms with van der Waals surface area (Å²) in [6.45, 7) is 1.74. The molecule has 24 heavy (non-hydrogen) atoms. The first-order valence-corrected chi connectivity index (χ1v) is 7.41. The van der Waals surface area contributed by atoms with Gasteiger partial charge < -0.3 is 5.32 Å². The van der Waals surface area contributed by atoms with Crippen LogP contribution in [0, 0.1) is 5.82 Å². The largest absolute Gasteiger partial charge is 0.346 e. The van der Waals surface area contributed by atoms with Crippen LogP contribution < -0.4 is 5.32 Å². The molecule has 0 spiro atoms. The van der Waals surface area contributed by atoms with Crippen LogP contribution >= 0.6 is 0 Å². The van der Waals surface area contributed by atoms with E-state index in [4.69, 9.17) is 0 Å². The van der Waals surface area contributed by atoms with Crippen molar-refractivity contribution in [2.75, 3.05) is 7.05 Å². The number of halogens is 1. The molecule has 1 N–H and O–H groups in total. The van der Waals surface area contributed by atoms with Crippen molar-refractivity contribution >= 4 is 17.7 Å². The predicted molar refractivity (Wildman–Crippen MR) is 85.1 cm³/mol. The summed E-state index contributed by atoms with van der Waals surface area (Å²) in [5.74, 6) is -1.58. The fraction of sp³-hybridized carbons (Fsp3) is 0.167. The van der Waals surface area contributed by atoms with Crippen molar-refractivity contribution in [3.63, 3.8) is 0 Å². The Kier molecular flexibility index (Phi) is 3.89. The fourth-order valence-corrected chi connectivity index (χ4v) is 2.64. The van der Waals surface area contributed by atoms with Gasteiger partial charge in [0, 0.05) is 12.6 Å². The molecular formula is C18H15FN2O3. The zero-order chi connectivity index (χ0) is 17.4. The smallest absolute Gasteiger partial charge is 0.261 e. The number of carbonyl (C=O) groups excluding carboxylic acids is 3. The Balaban J connectivity index is 1.82. The van der Waals surface area contributed by atoms with Gasteiger partial charge in [0.05, 0.1) is 17.2 Å². The average molecular weight is 326 g/mol. The number of benzene rings is 2. The highest BCUT2D eigenvalue weighted by atomic mass is 19.1. The third-order valence-electron chi connectivity index (χ3n) is 4.05. The van der Waals surface area contributed by atoms with Crippen molar-refractivity contribution in [1.29, 1.82) is 0 Å². The molecule has 3 rings (SSSR count). The van der Waals surface area contributed by atoms with Crippen molar-refractivity contribution in [3.8, 4) is 0 Å². The number of carbonyl (C=O) groups is 3. The summed E-state index contributed by atoms with van der Waals surface area (Å²) in [6, 6.07) is 9.95. The van der Waals surface area contributed by atoms with E-state index in [0.717, 1.165) is 4.90 Å². The maximum atomic E-state index is 13.3. The van der Waals surface area contributed by atoms with Crippen LogP contribution in [0.5, 0.6) is 0 Å². The van der Waals surface area contributed by atoms with E-state index in [1.807, 2.05) is 0 Å². The van der Waals surface area contributed by atoms with Crippen LogP contribution in [0.2, 0.25) is 0 Å². The molecule has 6 heteroatoms. The van der Waals surface area contributed by atoms with Crippen LogP contribution in [0.3, 0.4) is 0 Å². The maximum absolute atomic E-state index is 13.3. The van der Waals surface area contributed by atoms with E-state index < -0.39 is 17.9 Å². The average Bonchev–Trinajstić information content (AvgIpc) is 2.79. The number of hydrogen-bond acceptors (Lipinski definition) is 3.